The van der Waals surface area contributed by atoms with Gasteiger partial charge in [-0.3, -0.25) is 5.10 Å². The minimum atomic E-state index is -0.235. The molecule has 0 saturated heterocycles. The van der Waals surface area contributed by atoms with Crippen molar-refractivity contribution in [2.45, 2.75) is 13.8 Å². The molecule has 0 saturated carbocycles. The van der Waals surface area contributed by atoms with Crippen LogP contribution in [0.15, 0.2) is 18.2 Å². The highest BCUT2D eigenvalue weighted by molar-refractivity contribution is 5.70. The van der Waals surface area contributed by atoms with Crippen LogP contribution >= 0.6 is 0 Å². The highest BCUT2D eigenvalue weighted by Crippen LogP contribution is 2.27. The van der Waals surface area contributed by atoms with Crippen LogP contribution in [0.5, 0.6) is 0 Å². The summed E-state index contributed by atoms with van der Waals surface area (Å²) in [5.74, 6) is 0.245. The Balaban J connectivity index is 2.59. The van der Waals surface area contributed by atoms with E-state index >= 15 is 0 Å². The molecule has 78 valence electrons. The normalized spacial score (nSPS) is 10.6. The Morgan fingerprint density at radius 1 is 1.33 bits per heavy atom. The maximum absolute atomic E-state index is 12.9. The molecule has 0 aliphatic heterocycles. The Kier molecular flexibility index (Phi) is 2.19. The molecule has 0 aliphatic carbocycles. The molecule has 0 spiro atoms. The number of aromatic amines is 1. The monoisotopic (exact) mass is 205 g/mol. The average molecular weight is 205 g/mol. The van der Waals surface area contributed by atoms with Crippen molar-refractivity contribution in [3.63, 3.8) is 0 Å². The van der Waals surface area contributed by atoms with Gasteiger partial charge in [0.15, 0.2) is 0 Å². The van der Waals surface area contributed by atoms with Crippen LogP contribution in [-0.4, -0.2) is 10.2 Å². The summed E-state index contributed by atoms with van der Waals surface area (Å²) in [4.78, 5) is 0. The summed E-state index contributed by atoms with van der Waals surface area (Å²) in [6.45, 7) is 3.74. The number of benzene rings is 1. The molecule has 3 nitrogen and oxygen atoms in total. The first-order chi connectivity index (χ1) is 7.09. The number of anilines is 1. The molecular weight excluding hydrogens is 193 g/mol. The summed E-state index contributed by atoms with van der Waals surface area (Å²) in [6, 6.07) is 4.65. The second-order valence-electron chi connectivity index (χ2n) is 3.57. The van der Waals surface area contributed by atoms with E-state index in [-0.39, 0.29) is 5.82 Å². The molecule has 2 aromatic rings. The van der Waals surface area contributed by atoms with E-state index in [0.29, 0.717) is 5.82 Å². The first kappa shape index (κ1) is 9.71. The fraction of sp³-hybridized carbons (Fsp3) is 0.182. The molecular formula is C11H12FN3. The fourth-order valence-corrected chi connectivity index (χ4v) is 1.58. The van der Waals surface area contributed by atoms with Gasteiger partial charge in [0.05, 0.1) is 5.69 Å². The Morgan fingerprint density at radius 3 is 2.60 bits per heavy atom. The van der Waals surface area contributed by atoms with Crippen LogP contribution in [0.25, 0.3) is 11.3 Å². The number of aryl methyl sites for hydroxylation is 1. The first-order valence-corrected chi connectivity index (χ1v) is 4.66. The number of aromatic nitrogens is 2. The van der Waals surface area contributed by atoms with Crippen molar-refractivity contribution in [3.05, 3.63) is 35.1 Å². The van der Waals surface area contributed by atoms with Crippen LogP contribution in [0, 0.1) is 19.7 Å². The molecule has 0 aliphatic rings. The largest absolute Gasteiger partial charge is 0.382 e. The molecule has 3 N–H and O–H groups in total. The van der Waals surface area contributed by atoms with E-state index in [2.05, 4.69) is 10.2 Å². The predicted molar refractivity (Wildman–Crippen MR) is 57.9 cm³/mol. The number of nitrogens with two attached hydrogens (primary N) is 1. The van der Waals surface area contributed by atoms with Crippen molar-refractivity contribution < 1.29 is 4.39 Å². The van der Waals surface area contributed by atoms with E-state index in [4.69, 9.17) is 5.73 Å². The van der Waals surface area contributed by atoms with Gasteiger partial charge in [-0.15, -0.1) is 0 Å². The SMILES string of the molecule is Cc1cc(F)ccc1-c1[nH]nc(N)c1C. The molecule has 0 radical (unpaired) electrons. The Morgan fingerprint density at radius 2 is 2.07 bits per heavy atom. The molecule has 0 atom stereocenters. The smallest absolute Gasteiger partial charge is 0.148 e. The zero-order valence-corrected chi connectivity index (χ0v) is 8.63. The van der Waals surface area contributed by atoms with Gasteiger partial charge in [0, 0.05) is 11.1 Å². The molecule has 0 fully saturated rings. The van der Waals surface area contributed by atoms with Crippen LogP contribution < -0.4 is 5.73 Å². The molecule has 2 rings (SSSR count). The van der Waals surface area contributed by atoms with Crippen LogP contribution in [0.3, 0.4) is 0 Å². The van der Waals surface area contributed by atoms with Gasteiger partial charge in [0.25, 0.3) is 0 Å². The molecule has 0 unspecified atom stereocenters. The van der Waals surface area contributed by atoms with Crippen molar-refractivity contribution in [1.82, 2.24) is 10.2 Å². The van der Waals surface area contributed by atoms with E-state index in [1.54, 1.807) is 6.07 Å². The van der Waals surface area contributed by atoms with Crippen LogP contribution in [0.4, 0.5) is 10.2 Å². The molecule has 0 amide bonds. The maximum Gasteiger partial charge on any atom is 0.148 e. The number of nitrogens with zero attached hydrogens (tertiary/aromatic N) is 1. The van der Waals surface area contributed by atoms with Crippen molar-refractivity contribution in [3.8, 4) is 11.3 Å². The molecule has 4 heteroatoms. The first-order valence-electron chi connectivity index (χ1n) is 4.66. The Labute approximate surface area is 87.1 Å². The average Bonchev–Trinajstić information content (AvgIpc) is 2.49. The molecule has 0 bridgehead atoms. The Hall–Kier alpha value is -1.84. The van der Waals surface area contributed by atoms with Gasteiger partial charge >= 0.3 is 0 Å². The Bertz CT molecular complexity index is 503. The highest BCUT2D eigenvalue weighted by atomic mass is 19.1. The van der Waals surface area contributed by atoms with Gasteiger partial charge in [-0.25, -0.2) is 4.39 Å². The summed E-state index contributed by atoms with van der Waals surface area (Å²) in [7, 11) is 0. The van der Waals surface area contributed by atoms with Gasteiger partial charge < -0.3 is 5.73 Å². The van der Waals surface area contributed by atoms with Crippen LogP contribution in [0.2, 0.25) is 0 Å². The minimum Gasteiger partial charge on any atom is -0.382 e. The molecule has 1 heterocycles. The van der Waals surface area contributed by atoms with E-state index in [9.17, 15) is 4.39 Å². The third-order valence-electron chi connectivity index (χ3n) is 2.51. The quantitative estimate of drug-likeness (QED) is 0.751. The second kappa shape index (κ2) is 3.38. The lowest BCUT2D eigenvalue weighted by Crippen LogP contribution is -1.88. The van der Waals surface area contributed by atoms with Gasteiger partial charge in [-0.2, -0.15) is 5.10 Å². The summed E-state index contributed by atoms with van der Waals surface area (Å²) in [5, 5.41) is 6.77. The molecule has 1 aromatic carbocycles. The third kappa shape index (κ3) is 1.58. The van der Waals surface area contributed by atoms with Crippen LogP contribution in [-0.2, 0) is 0 Å². The number of halogens is 1. The molecule has 15 heavy (non-hydrogen) atoms. The van der Waals surface area contributed by atoms with Crippen LogP contribution in [0.1, 0.15) is 11.1 Å². The number of rotatable bonds is 1. The second-order valence-corrected chi connectivity index (χ2v) is 3.57. The van der Waals surface area contributed by atoms with Crippen molar-refractivity contribution >= 4 is 5.82 Å². The number of hydrogen-bond donors (Lipinski definition) is 2. The number of nitrogen functional groups attached to an aromatic ring is 1. The maximum atomic E-state index is 12.9. The van der Waals surface area contributed by atoms with Gasteiger partial charge in [-0.1, -0.05) is 0 Å². The number of hydrogen-bond acceptors (Lipinski definition) is 2. The lowest BCUT2D eigenvalue weighted by atomic mass is 10.0. The van der Waals surface area contributed by atoms with Crippen molar-refractivity contribution in [2.24, 2.45) is 0 Å². The van der Waals surface area contributed by atoms with Gasteiger partial charge in [-0.05, 0) is 37.6 Å². The van der Waals surface area contributed by atoms with E-state index in [1.807, 2.05) is 13.8 Å². The lowest BCUT2D eigenvalue weighted by molar-refractivity contribution is 0.627. The van der Waals surface area contributed by atoms with E-state index in [1.165, 1.54) is 12.1 Å². The zero-order chi connectivity index (χ0) is 11.0. The highest BCUT2D eigenvalue weighted by Gasteiger charge is 2.10. The van der Waals surface area contributed by atoms with Gasteiger partial charge in [0.1, 0.15) is 11.6 Å². The summed E-state index contributed by atoms with van der Waals surface area (Å²) < 4.78 is 12.9. The standard InChI is InChI=1S/C11H12FN3/c1-6-5-8(12)3-4-9(6)10-7(2)11(13)15-14-10/h3-5H,1-2H3,(H3,13,14,15). The topological polar surface area (TPSA) is 54.7 Å². The third-order valence-corrected chi connectivity index (χ3v) is 2.51. The predicted octanol–water partition coefficient (Wildman–Crippen LogP) is 2.41. The fourth-order valence-electron chi connectivity index (χ4n) is 1.58. The summed E-state index contributed by atoms with van der Waals surface area (Å²) in [5.41, 5.74) is 9.18. The summed E-state index contributed by atoms with van der Waals surface area (Å²) in [6.07, 6.45) is 0. The number of H-pyrrole nitrogens is 1. The zero-order valence-electron chi connectivity index (χ0n) is 8.63. The molecule has 1 aromatic heterocycles. The van der Waals surface area contributed by atoms with E-state index < -0.39 is 0 Å². The minimum absolute atomic E-state index is 0.235. The summed E-state index contributed by atoms with van der Waals surface area (Å²) >= 11 is 0. The van der Waals surface area contributed by atoms with Crippen molar-refractivity contribution in [1.29, 1.82) is 0 Å². The van der Waals surface area contributed by atoms with E-state index in [0.717, 1.165) is 22.4 Å². The number of nitrogens with one attached hydrogen (secondary N) is 1. The van der Waals surface area contributed by atoms with Crippen molar-refractivity contribution in [2.75, 3.05) is 5.73 Å². The van der Waals surface area contributed by atoms with Gasteiger partial charge in [0.2, 0.25) is 0 Å². The lowest BCUT2D eigenvalue weighted by Gasteiger charge is -2.04.